The van der Waals surface area contributed by atoms with Crippen molar-refractivity contribution >= 4 is 40.9 Å². The van der Waals surface area contributed by atoms with E-state index in [4.69, 9.17) is 11.2 Å². The number of para-hydroxylation sites is 2. The summed E-state index contributed by atoms with van der Waals surface area (Å²) in [5, 5.41) is 5.44. The van der Waals surface area contributed by atoms with Crippen LogP contribution in [0.5, 0.6) is 0 Å². The minimum Gasteiger partial charge on any atom is -0.326 e. The molecule has 0 aliphatic heterocycles. The highest BCUT2D eigenvalue weighted by atomic mass is 35.7. The van der Waals surface area contributed by atoms with E-state index in [0.717, 1.165) is 75.6 Å². The number of amides is 2. The van der Waals surface area contributed by atoms with Crippen LogP contribution in [0.2, 0.25) is 0 Å². The van der Waals surface area contributed by atoms with Crippen molar-refractivity contribution in [3.63, 3.8) is 0 Å². The average molecular weight is 591 g/mol. The van der Waals surface area contributed by atoms with Crippen LogP contribution in [0.25, 0.3) is 0 Å². The SMILES string of the molecule is O=C(Nc1ccccc1)C12CC3CC(C1)CC(P(=O)(Cl)C14CC5CC(CC(C(=O)Nc6ccccc6)(C5)C1)C4)(C3)C2. The van der Waals surface area contributed by atoms with E-state index in [2.05, 4.69) is 10.6 Å². The number of benzene rings is 2. The maximum absolute atomic E-state index is 15.7. The van der Waals surface area contributed by atoms with Gasteiger partial charge in [-0.2, -0.15) is 0 Å². The Morgan fingerprint density at radius 2 is 0.951 bits per heavy atom. The minimum absolute atomic E-state index is 0.0862. The highest BCUT2D eigenvalue weighted by Gasteiger charge is 2.73. The number of hydrogen-bond acceptors (Lipinski definition) is 3. The lowest BCUT2D eigenvalue weighted by atomic mass is 9.48. The highest BCUT2D eigenvalue weighted by Crippen LogP contribution is 2.87. The summed E-state index contributed by atoms with van der Waals surface area (Å²) in [4.78, 5) is 28.0. The molecule has 8 saturated carbocycles. The first-order valence-electron chi connectivity index (χ1n) is 15.7. The van der Waals surface area contributed by atoms with Crippen molar-refractivity contribution in [1.82, 2.24) is 0 Å². The van der Waals surface area contributed by atoms with Crippen molar-refractivity contribution in [1.29, 1.82) is 0 Å². The van der Waals surface area contributed by atoms with E-state index in [1.54, 1.807) is 0 Å². The molecule has 10 rings (SSSR count). The summed E-state index contributed by atoms with van der Waals surface area (Å²) in [6.07, 6.45) is 10.5. The maximum Gasteiger partial charge on any atom is 0.230 e. The molecule has 7 heteroatoms. The molecule has 0 aromatic heterocycles. The van der Waals surface area contributed by atoms with E-state index in [-0.39, 0.29) is 11.8 Å². The maximum atomic E-state index is 15.7. The van der Waals surface area contributed by atoms with Gasteiger partial charge < -0.3 is 15.2 Å². The van der Waals surface area contributed by atoms with Gasteiger partial charge in [-0.3, -0.25) is 9.59 Å². The molecule has 4 atom stereocenters. The monoisotopic (exact) mass is 590 g/mol. The van der Waals surface area contributed by atoms with Gasteiger partial charge in [0.05, 0.1) is 10.8 Å². The van der Waals surface area contributed by atoms with E-state index >= 15 is 4.57 Å². The fourth-order valence-corrected chi connectivity index (χ4v) is 16.9. The number of hydrogen-bond donors (Lipinski definition) is 2. The quantitative estimate of drug-likeness (QED) is 0.331. The van der Waals surface area contributed by atoms with Crippen LogP contribution in [0.15, 0.2) is 60.7 Å². The molecule has 2 amide bonds. The summed E-state index contributed by atoms with van der Waals surface area (Å²) < 4.78 is 15.7. The Morgan fingerprint density at radius 3 is 1.29 bits per heavy atom. The van der Waals surface area contributed by atoms with Gasteiger partial charge in [0.2, 0.25) is 11.8 Å². The average Bonchev–Trinajstić information content (AvgIpc) is 2.93. The third-order valence-electron chi connectivity index (χ3n) is 12.3. The van der Waals surface area contributed by atoms with Gasteiger partial charge in [0.25, 0.3) is 0 Å². The molecule has 8 aliphatic rings. The number of halogens is 1. The standard InChI is InChI=1S/C34H40ClN2O3P/c35-41(40,33-17-23-11-24(18-33)14-31(13-23,21-33)29(38)36-27-7-3-1-4-8-27)34-19-25-12-26(20-34)16-32(15-25,22-34)30(39)37-28-9-5-2-6-10-28/h1-10,23-26H,11-22H2,(H,36,38)(H,37,39). The van der Waals surface area contributed by atoms with Crippen molar-refractivity contribution in [3.8, 4) is 0 Å². The fraction of sp³-hybridized carbons (Fsp3) is 0.588. The van der Waals surface area contributed by atoms with Crippen molar-refractivity contribution in [2.24, 2.45) is 34.5 Å². The fourth-order valence-electron chi connectivity index (χ4n) is 11.7. The highest BCUT2D eigenvalue weighted by molar-refractivity contribution is 7.91. The molecule has 8 bridgehead atoms. The molecule has 0 spiro atoms. The summed E-state index contributed by atoms with van der Waals surface area (Å²) in [7, 11) is 0. The summed E-state index contributed by atoms with van der Waals surface area (Å²) in [5.41, 5.74) is 0.636. The van der Waals surface area contributed by atoms with Gasteiger partial charge in [-0.05, 0) is 125 Å². The normalized spacial score (nSPS) is 43.0. The van der Waals surface area contributed by atoms with Gasteiger partial charge in [0.1, 0.15) is 0 Å². The Labute approximate surface area is 247 Å². The lowest BCUT2D eigenvalue weighted by Gasteiger charge is -2.68. The summed E-state index contributed by atoms with van der Waals surface area (Å²) in [6.45, 7) is -3.31. The third-order valence-corrected chi connectivity index (χ3v) is 17.9. The zero-order chi connectivity index (χ0) is 28.1. The zero-order valence-corrected chi connectivity index (χ0v) is 25.3. The third kappa shape index (κ3) is 3.90. The molecule has 2 N–H and O–H groups in total. The second-order valence-corrected chi connectivity index (χ2v) is 19.5. The van der Waals surface area contributed by atoms with E-state index in [0.29, 0.717) is 36.5 Å². The largest absolute Gasteiger partial charge is 0.326 e. The molecule has 0 radical (unpaired) electrons. The molecule has 8 fully saturated rings. The van der Waals surface area contributed by atoms with Crippen molar-refractivity contribution in [3.05, 3.63) is 60.7 Å². The lowest BCUT2D eigenvalue weighted by Crippen LogP contribution is -2.63. The van der Waals surface area contributed by atoms with Crippen LogP contribution in [0.1, 0.15) is 77.0 Å². The van der Waals surface area contributed by atoms with Crippen LogP contribution in [0.3, 0.4) is 0 Å². The van der Waals surface area contributed by atoms with Gasteiger partial charge in [-0.1, -0.05) is 47.6 Å². The Hall–Kier alpha value is -2.10. The second-order valence-electron chi connectivity index (χ2n) is 15.1. The molecule has 4 unspecified atom stereocenters. The predicted octanol–water partition coefficient (Wildman–Crippen LogP) is 8.46. The molecule has 41 heavy (non-hydrogen) atoms. The van der Waals surface area contributed by atoms with E-state index in [1.165, 1.54) is 0 Å². The predicted molar refractivity (Wildman–Crippen MR) is 163 cm³/mol. The van der Waals surface area contributed by atoms with Gasteiger partial charge in [-0.25, -0.2) is 0 Å². The Morgan fingerprint density at radius 1 is 0.610 bits per heavy atom. The Balaban J connectivity index is 1.13. The Bertz CT molecular complexity index is 1310. The summed E-state index contributed by atoms with van der Waals surface area (Å²) in [6, 6.07) is 19.5. The molecule has 8 aliphatic carbocycles. The molecule has 216 valence electrons. The van der Waals surface area contributed by atoms with Crippen molar-refractivity contribution in [2.75, 3.05) is 10.6 Å². The van der Waals surface area contributed by atoms with E-state index in [1.807, 2.05) is 60.7 Å². The minimum atomic E-state index is -3.31. The van der Waals surface area contributed by atoms with Crippen LogP contribution in [0.4, 0.5) is 11.4 Å². The molecular formula is C34H40ClN2O3P. The first-order valence-corrected chi connectivity index (χ1v) is 18.3. The van der Waals surface area contributed by atoms with Crippen LogP contribution in [-0.2, 0) is 14.2 Å². The van der Waals surface area contributed by atoms with Crippen molar-refractivity contribution in [2.45, 2.75) is 87.4 Å². The molecule has 2 aromatic rings. The van der Waals surface area contributed by atoms with Gasteiger partial charge in [0, 0.05) is 21.7 Å². The summed E-state index contributed by atoms with van der Waals surface area (Å²) >= 11 is 7.72. The van der Waals surface area contributed by atoms with Crippen LogP contribution in [0, 0.1) is 34.5 Å². The van der Waals surface area contributed by atoms with Gasteiger partial charge in [0.15, 0.2) is 6.49 Å². The first-order chi connectivity index (χ1) is 19.6. The molecule has 5 nitrogen and oxygen atoms in total. The Kier molecular flexibility index (Phi) is 5.79. The number of rotatable bonds is 6. The van der Waals surface area contributed by atoms with E-state index in [9.17, 15) is 9.59 Å². The number of carbonyl (C=O) groups excluding carboxylic acids is 2. The smallest absolute Gasteiger partial charge is 0.230 e. The first kappa shape index (κ1) is 26.5. The van der Waals surface area contributed by atoms with Gasteiger partial charge >= 0.3 is 0 Å². The number of nitrogens with one attached hydrogen (secondary N) is 2. The van der Waals surface area contributed by atoms with Crippen LogP contribution in [-0.4, -0.2) is 22.1 Å². The zero-order valence-electron chi connectivity index (χ0n) is 23.6. The second kappa shape index (κ2) is 8.96. The topological polar surface area (TPSA) is 75.3 Å². The lowest BCUT2D eigenvalue weighted by molar-refractivity contribution is -0.140. The molecular weight excluding hydrogens is 551 g/mol. The van der Waals surface area contributed by atoms with Crippen LogP contribution < -0.4 is 10.6 Å². The van der Waals surface area contributed by atoms with Crippen LogP contribution >= 0.6 is 17.7 Å². The summed E-state index contributed by atoms with van der Waals surface area (Å²) in [5.74, 6) is 1.76. The van der Waals surface area contributed by atoms with Gasteiger partial charge in [-0.15, -0.1) is 0 Å². The molecule has 0 heterocycles. The molecule has 2 aromatic carbocycles. The number of carbonyl (C=O) groups is 2. The number of anilines is 2. The molecule has 0 saturated heterocycles. The van der Waals surface area contributed by atoms with E-state index < -0.39 is 27.6 Å². The van der Waals surface area contributed by atoms with Crippen molar-refractivity contribution < 1.29 is 14.2 Å².